The third kappa shape index (κ3) is 3.11. The number of benzene rings is 2. The van der Waals surface area contributed by atoms with E-state index in [4.69, 9.17) is 16.3 Å². The largest absolute Gasteiger partial charge is 0.507 e. The number of aliphatic hydroxyl groups is 1. The number of likely N-dealkylation sites (tertiary alicyclic amines) is 1. The normalized spacial score (nSPS) is 25.4. The van der Waals surface area contributed by atoms with Crippen LogP contribution in [0.2, 0.25) is 5.02 Å². The van der Waals surface area contributed by atoms with E-state index < -0.39 is 28.9 Å². The van der Waals surface area contributed by atoms with Crippen molar-refractivity contribution in [2.45, 2.75) is 24.5 Å². The lowest BCUT2D eigenvalue weighted by Crippen LogP contribution is -2.53. The predicted octanol–water partition coefficient (Wildman–Crippen LogP) is 3.63. The maximum absolute atomic E-state index is 14.2. The molecule has 3 aliphatic rings. The molecule has 3 heterocycles. The number of carbonyl (C=O) groups excluding carboxylic acids is 3. The molecule has 2 unspecified atom stereocenters. The molecule has 2 aromatic rings. The van der Waals surface area contributed by atoms with E-state index in [0.29, 0.717) is 29.3 Å². The van der Waals surface area contributed by atoms with Crippen molar-refractivity contribution in [1.82, 2.24) is 4.90 Å². The number of anilines is 1. The highest BCUT2D eigenvalue weighted by molar-refractivity contribution is 6.50. The molecule has 5 rings (SSSR count). The summed E-state index contributed by atoms with van der Waals surface area (Å²) in [5.41, 5.74) is -0.736. The third-order valence-corrected chi connectivity index (χ3v) is 6.90. The van der Waals surface area contributed by atoms with Gasteiger partial charge in [0.25, 0.3) is 17.6 Å². The van der Waals surface area contributed by atoms with Gasteiger partial charge >= 0.3 is 0 Å². The number of fused-ring (bicyclic) bond motifs is 2. The van der Waals surface area contributed by atoms with Gasteiger partial charge in [-0.2, -0.15) is 0 Å². The molecular formula is C26H23ClN2O5. The Bertz CT molecular complexity index is 1230. The standard InChI is InChI=1S/C26H23ClN2O5/c1-2-13-28-20-8-4-3-7-19(20)26(25(28)33)21(22(30)16-9-11-17(27)12-10-16)23(31)24(32)29(26)15-18-6-5-14-34-18/h2-4,7-12,18,30H,1,5-6,13-15H2. The van der Waals surface area contributed by atoms with Crippen LogP contribution in [0.3, 0.4) is 0 Å². The second kappa shape index (κ2) is 8.42. The van der Waals surface area contributed by atoms with Crippen LogP contribution in [0.15, 0.2) is 66.8 Å². The molecule has 0 saturated carbocycles. The molecule has 0 radical (unpaired) electrons. The fourth-order valence-corrected chi connectivity index (χ4v) is 5.30. The third-order valence-electron chi connectivity index (χ3n) is 6.65. The number of para-hydroxylation sites is 1. The first kappa shape index (κ1) is 22.4. The van der Waals surface area contributed by atoms with E-state index in [1.165, 1.54) is 9.80 Å². The molecule has 2 fully saturated rings. The SMILES string of the molecule is C=CCN1C(=O)C2(C(=C(O)c3ccc(Cl)cc3)C(=O)C(=O)N2CC2CCCO2)c2ccccc21. The Balaban J connectivity index is 1.79. The van der Waals surface area contributed by atoms with E-state index >= 15 is 0 Å². The average Bonchev–Trinajstić information content (AvgIpc) is 3.49. The van der Waals surface area contributed by atoms with Gasteiger partial charge in [0.1, 0.15) is 5.76 Å². The summed E-state index contributed by atoms with van der Waals surface area (Å²) in [5, 5.41) is 11.8. The van der Waals surface area contributed by atoms with Gasteiger partial charge in [0.2, 0.25) is 0 Å². The minimum absolute atomic E-state index is 0.0595. The second-order valence-electron chi connectivity index (χ2n) is 8.54. The molecule has 0 bridgehead atoms. The number of Topliss-reactive ketones (excluding diaryl/α,β-unsaturated/α-hetero) is 1. The maximum Gasteiger partial charge on any atom is 0.296 e. The Morgan fingerprint density at radius 3 is 2.59 bits per heavy atom. The first-order valence-corrected chi connectivity index (χ1v) is 11.5. The Kier molecular flexibility index (Phi) is 5.54. The van der Waals surface area contributed by atoms with Gasteiger partial charge in [0, 0.05) is 35.8 Å². The van der Waals surface area contributed by atoms with Crippen molar-refractivity contribution in [3.05, 3.63) is 82.9 Å². The van der Waals surface area contributed by atoms with Gasteiger partial charge in [0.15, 0.2) is 5.54 Å². The van der Waals surface area contributed by atoms with E-state index in [1.54, 1.807) is 54.6 Å². The summed E-state index contributed by atoms with van der Waals surface area (Å²) in [7, 11) is 0. The quantitative estimate of drug-likeness (QED) is 0.307. The molecule has 0 aromatic heterocycles. The van der Waals surface area contributed by atoms with Crippen molar-refractivity contribution in [2.75, 3.05) is 24.6 Å². The predicted molar refractivity (Wildman–Crippen MR) is 127 cm³/mol. The Hall–Kier alpha value is -3.42. The van der Waals surface area contributed by atoms with E-state index in [2.05, 4.69) is 6.58 Å². The first-order valence-electron chi connectivity index (χ1n) is 11.1. The highest BCUT2D eigenvalue weighted by atomic mass is 35.5. The zero-order valence-corrected chi connectivity index (χ0v) is 19.1. The van der Waals surface area contributed by atoms with Crippen LogP contribution in [-0.4, -0.2) is 53.4 Å². The number of hydrogen-bond acceptors (Lipinski definition) is 5. The average molecular weight is 479 g/mol. The summed E-state index contributed by atoms with van der Waals surface area (Å²) in [6.07, 6.45) is 2.82. The van der Waals surface area contributed by atoms with E-state index in [0.717, 1.165) is 6.42 Å². The molecule has 8 heteroatoms. The van der Waals surface area contributed by atoms with Crippen molar-refractivity contribution < 1.29 is 24.2 Å². The lowest BCUT2D eigenvalue weighted by Gasteiger charge is -2.35. The van der Waals surface area contributed by atoms with Gasteiger partial charge < -0.3 is 19.6 Å². The van der Waals surface area contributed by atoms with Crippen LogP contribution in [0.1, 0.15) is 24.0 Å². The number of halogens is 1. The van der Waals surface area contributed by atoms with E-state index in [9.17, 15) is 19.5 Å². The molecule has 174 valence electrons. The van der Waals surface area contributed by atoms with E-state index in [1.807, 2.05) is 0 Å². The summed E-state index contributed by atoms with van der Waals surface area (Å²) >= 11 is 6.00. The van der Waals surface area contributed by atoms with Crippen LogP contribution in [0.4, 0.5) is 5.69 Å². The number of carbonyl (C=O) groups is 3. The molecule has 7 nitrogen and oxygen atoms in total. The van der Waals surface area contributed by atoms with Gasteiger partial charge in [-0.15, -0.1) is 6.58 Å². The molecule has 0 aliphatic carbocycles. The Morgan fingerprint density at radius 1 is 1.18 bits per heavy atom. The smallest absolute Gasteiger partial charge is 0.296 e. The second-order valence-corrected chi connectivity index (χ2v) is 8.98. The van der Waals surface area contributed by atoms with Gasteiger partial charge in [-0.05, 0) is 43.2 Å². The number of ether oxygens (including phenoxy) is 1. The molecule has 2 atom stereocenters. The molecule has 1 spiro atoms. The Morgan fingerprint density at radius 2 is 1.91 bits per heavy atom. The van der Waals surface area contributed by atoms with Gasteiger partial charge in [-0.1, -0.05) is 35.9 Å². The zero-order chi connectivity index (χ0) is 24.0. The minimum Gasteiger partial charge on any atom is -0.507 e. The van der Waals surface area contributed by atoms with Crippen LogP contribution in [-0.2, 0) is 24.7 Å². The summed E-state index contributed by atoms with van der Waals surface area (Å²) in [6, 6.07) is 13.3. The summed E-state index contributed by atoms with van der Waals surface area (Å²) in [4.78, 5) is 43.9. The summed E-state index contributed by atoms with van der Waals surface area (Å²) in [5.74, 6) is -2.65. The fraction of sp³-hybridized carbons (Fsp3) is 0.269. The molecular weight excluding hydrogens is 456 g/mol. The van der Waals surface area contributed by atoms with Crippen LogP contribution in [0.5, 0.6) is 0 Å². The van der Waals surface area contributed by atoms with Crippen molar-refractivity contribution in [3.8, 4) is 0 Å². The molecule has 2 saturated heterocycles. The minimum atomic E-state index is -1.80. The summed E-state index contributed by atoms with van der Waals surface area (Å²) in [6.45, 7) is 4.55. The molecule has 2 amide bonds. The lowest BCUT2D eigenvalue weighted by molar-refractivity contribution is -0.145. The van der Waals surface area contributed by atoms with Crippen molar-refractivity contribution in [2.24, 2.45) is 0 Å². The van der Waals surface area contributed by atoms with Gasteiger partial charge in [-0.25, -0.2) is 0 Å². The van der Waals surface area contributed by atoms with Crippen LogP contribution < -0.4 is 4.90 Å². The first-order chi connectivity index (χ1) is 16.4. The van der Waals surface area contributed by atoms with E-state index in [-0.39, 0.29) is 30.3 Å². The van der Waals surface area contributed by atoms with Crippen LogP contribution in [0, 0.1) is 0 Å². The topological polar surface area (TPSA) is 87.2 Å². The zero-order valence-electron chi connectivity index (χ0n) is 18.4. The molecule has 3 aliphatic heterocycles. The summed E-state index contributed by atoms with van der Waals surface area (Å²) < 4.78 is 5.75. The molecule has 34 heavy (non-hydrogen) atoms. The van der Waals surface area contributed by atoms with Gasteiger partial charge in [0.05, 0.1) is 17.4 Å². The Labute approximate surface area is 201 Å². The number of ketones is 1. The van der Waals surface area contributed by atoms with Crippen molar-refractivity contribution in [1.29, 1.82) is 0 Å². The highest BCUT2D eigenvalue weighted by Crippen LogP contribution is 2.53. The number of amides is 2. The monoisotopic (exact) mass is 478 g/mol. The molecule has 2 aromatic carbocycles. The van der Waals surface area contributed by atoms with Crippen molar-refractivity contribution >= 4 is 40.6 Å². The van der Waals surface area contributed by atoms with Crippen LogP contribution >= 0.6 is 11.6 Å². The lowest BCUT2D eigenvalue weighted by atomic mass is 9.81. The maximum atomic E-state index is 14.2. The number of aliphatic hydroxyl groups excluding tert-OH is 1. The van der Waals surface area contributed by atoms with Gasteiger partial charge in [-0.3, -0.25) is 14.4 Å². The van der Waals surface area contributed by atoms with Crippen molar-refractivity contribution in [3.63, 3.8) is 0 Å². The number of rotatable bonds is 5. The molecule has 1 N–H and O–H groups in total. The number of nitrogens with zero attached hydrogens (tertiary/aromatic N) is 2. The van der Waals surface area contributed by atoms with Crippen LogP contribution in [0.25, 0.3) is 5.76 Å². The number of hydrogen-bond donors (Lipinski definition) is 1. The fourth-order valence-electron chi connectivity index (χ4n) is 5.17. The highest BCUT2D eigenvalue weighted by Gasteiger charge is 2.67.